The molecule has 0 spiro atoms. The van der Waals surface area contributed by atoms with E-state index in [4.69, 9.17) is 9.47 Å². The maximum absolute atomic E-state index is 13.0. The summed E-state index contributed by atoms with van der Waals surface area (Å²) in [4.78, 5) is 2.50. The molecular formula is C23H26FN3O2. The van der Waals surface area contributed by atoms with E-state index in [1.54, 1.807) is 19.2 Å². The molecule has 3 aromatic rings. The van der Waals surface area contributed by atoms with Gasteiger partial charge >= 0.3 is 0 Å². The van der Waals surface area contributed by atoms with Crippen LogP contribution in [0.25, 0.3) is 0 Å². The smallest absolute Gasteiger partial charge is 0.130 e. The summed E-state index contributed by atoms with van der Waals surface area (Å²) in [7, 11) is 1.69. The topological polar surface area (TPSA) is 50.4 Å². The molecule has 2 heterocycles. The summed E-state index contributed by atoms with van der Waals surface area (Å²) in [5.74, 6) is 1.72. The average molecular weight is 395 g/mol. The zero-order chi connectivity index (χ0) is 20.1. The molecule has 0 bridgehead atoms. The van der Waals surface area contributed by atoms with Crippen LogP contribution < -0.4 is 9.47 Å². The maximum Gasteiger partial charge on any atom is 0.130 e. The molecule has 4 rings (SSSR count). The summed E-state index contributed by atoms with van der Waals surface area (Å²) < 4.78 is 23.9. The van der Waals surface area contributed by atoms with Gasteiger partial charge in [0.25, 0.3) is 0 Å². The predicted octanol–water partition coefficient (Wildman–Crippen LogP) is 4.17. The summed E-state index contributed by atoms with van der Waals surface area (Å²) >= 11 is 0. The molecule has 1 aliphatic heterocycles. The first-order chi connectivity index (χ1) is 14.2. The van der Waals surface area contributed by atoms with E-state index in [2.05, 4.69) is 33.3 Å². The number of ether oxygens (including phenoxy) is 2. The van der Waals surface area contributed by atoms with E-state index in [0.717, 1.165) is 49.6 Å². The number of methoxy groups -OCH3 is 1. The number of benzene rings is 2. The minimum Gasteiger partial charge on any atom is -0.497 e. The van der Waals surface area contributed by atoms with E-state index in [-0.39, 0.29) is 5.82 Å². The van der Waals surface area contributed by atoms with Crippen LogP contribution in [0.2, 0.25) is 0 Å². The van der Waals surface area contributed by atoms with E-state index in [1.807, 2.05) is 12.1 Å². The number of likely N-dealkylation sites (tertiary alicyclic amines) is 1. The zero-order valence-corrected chi connectivity index (χ0v) is 16.6. The Morgan fingerprint density at radius 1 is 1.10 bits per heavy atom. The lowest BCUT2D eigenvalue weighted by Gasteiger charge is -2.15. The number of rotatable bonds is 8. The highest BCUT2D eigenvalue weighted by atomic mass is 19.1. The first-order valence-electron chi connectivity index (χ1n) is 9.97. The van der Waals surface area contributed by atoms with Crippen molar-refractivity contribution in [3.05, 3.63) is 77.4 Å². The van der Waals surface area contributed by atoms with Crippen LogP contribution in [0.4, 0.5) is 4.39 Å². The lowest BCUT2D eigenvalue weighted by atomic mass is 10.1. The molecule has 0 saturated carbocycles. The second kappa shape index (κ2) is 9.09. The number of nitrogens with one attached hydrogen (secondary N) is 1. The van der Waals surface area contributed by atoms with Gasteiger partial charge in [-0.3, -0.25) is 5.10 Å². The average Bonchev–Trinajstić information content (AvgIpc) is 3.42. The number of H-pyrrole nitrogens is 1. The molecular weight excluding hydrogens is 369 g/mol. The highest BCUT2D eigenvalue weighted by Crippen LogP contribution is 2.26. The number of aromatic amines is 1. The summed E-state index contributed by atoms with van der Waals surface area (Å²) in [6.45, 7) is 3.56. The van der Waals surface area contributed by atoms with Crippen molar-refractivity contribution >= 4 is 0 Å². The van der Waals surface area contributed by atoms with Gasteiger partial charge in [0.1, 0.15) is 23.9 Å². The largest absolute Gasteiger partial charge is 0.497 e. The van der Waals surface area contributed by atoms with Crippen molar-refractivity contribution in [2.45, 2.75) is 25.4 Å². The Hall–Kier alpha value is -2.86. The van der Waals surface area contributed by atoms with Gasteiger partial charge in [-0.25, -0.2) is 4.39 Å². The van der Waals surface area contributed by atoms with Crippen LogP contribution in [-0.2, 0) is 13.0 Å². The molecule has 1 saturated heterocycles. The Labute approximate surface area is 170 Å². The number of nitrogens with zero attached hydrogens (tertiary/aromatic N) is 2. The van der Waals surface area contributed by atoms with Crippen molar-refractivity contribution in [3.8, 4) is 11.5 Å². The van der Waals surface area contributed by atoms with Crippen molar-refractivity contribution < 1.29 is 13.9 Å². The normalized spacial score (nSPS) is 16.8. The SMILES string of the molecule is COc1ccc(CCN2CCC(c3cc(COc4ccc(F)cc4)[nH]n3)C2)cc1. The third-order valence-corrected chi connectivity index (χ3v) is 5.43. The molecule has 1 atom stereocenters. The third-order valence-electron chi connectivity index (χ3n) is 5.43. The molecule has 5 nitrogen and oxygen atoms in total. The van der Waals surface area contributed by atoms with Crippen LogP contribution in [0.3, 0.4) is 0 Å². The molecule has 0 amide bonds. The molecule has 1 fully saturated rings. The van der Waals surface area contributed by atoms with Crippen LogP contribution in [0.1, 0.15) is 29.3 Å². The quantitative estimate of drug-likeness (QED) is 0.622. The van der Waals surface area contributed by atoms with E-state index in [9.17, 15) is 4.39 Å². The number of hydrogen-bond acceptors (Lipinski definition) is 4. The summed E-state index contributed by atoms with van der Waals surface area (Å²) in [6, 6.07) is 16.4. The van der Waals surface area contributed by atoms with Crippen LogP contribution in [0.15, 0.2) is 54.6 Å². The Morgan fingerprint density at radius 2 is 1.86 bits per heavy atom. The van der Waals surface area contributed by atoms with E-state index in [1.165, 1.54) is 17.7 Å². The fraction of sp³-hybridized carbons (Fsp3) is 0.348. The Bertz CT molecular complexity index is 909. The van der Waals surface area contributed by atoms with Gasteiger partial charge in [-0.15, -0.1) is 0 Å². The lowest BCUT2D eigenvalue weighted by Crippen LogP contribution is -2.23. The first kappa shape index (κ1) is 19.5. The maximum atomic E-state index is 13.0. The summed E-state index contributed by atoms with van der Waals surface area (Å²) in [6.07, 6.45) is 2.15. The van der Waals surface area contributed by atoms with Gasteiger partial charge < -0.3 is 14.4 Å². The predicted molar refractivity (Wildman–Crippen MR) is 110 cm³/mol. The number of halogens is 1. The molecule has 2 aromatic carbocycles. The molecule has 0 aliphatic carbocycles. The number of aromatic nitrogens is 2. The van der Waals surface area contributed by atoms with Gasteiger partial charge in [0.15, 0.2) is 0 Å². The summed E-state index contributed by atoms with van der Waals surface area (Å²) in [5.41, 5.74) is 3.35. The van der Waals surface area contributed by atoms with Crippen molar-refractivity contribution in [2.24, 2.45) is 0 Å². The Balaban J connectivity index is 1.25. The Kier molecular flexibility index (Phi) is 6.10. The highest BCUT2D eigenvalue weighted by molar-refractivity contribution is 5.27. The van der Waals surface area contributed by atoms with Crippen molar-refractivity contribution in [3.63, 3.8) is 0 Å². The summed E-state index contributed by atoms with van der Waals surface area (Å²) in [5, 5.41) is 7.56. The minimum atomic E-state index is -0.265. The van der Waals surface area contributed by atoms with Crippen molar-refractivity contribution in [2.75, 3.05) is 26.7 Å². The minimum absolute atomic E-state index is 0.265. The van der Waals surface area contributed by atoms with Gasteiger partial charge in [0, 0.05) is 19.0 Å². The fourth-order valence-corrected chi connectivity index (χ4v) is 3.71. The van der Waals surface area contributed by atoms with E-state index >= 15 is 0 Å². The first-order valence-corrected chi connectivity index (χ1v) is 9.97. The van der Waals surface area contributed by atoms with Crippen LogP contribution in [0.5, 0.6) is 11.5 Å². The van der Waals surface area contributed by atoms with Gasteiger partial charge in [0.2, 0.25) is 0 Å². The number of hydrogen-bond donors (Lipinski definition) is 1. The fourth-order valence-electron chi connectivity index (χ4n) is 3.71. The van der Waals surface area contributed by atoms with Gasteiger partial charge in [-0.1, -0.05) is 12.1 Å². The highest BCUT2D eigenvalue weighted by Gasteiger charge is 2.25. The monoisotopic (exact) mass is 395 g/mol. The van der Waals surface area contributed by atoms with Crippen LogP contribution in [0, 0.1) is 5.82 Å². The molecule has 6 heteroatoms. The molecule has 1 aliphatic rings. The molecule has 1 N–H and O–H groups in total. The van der Waals surface area contributed by atoms with Crippen molar-refractivity contribution in [1.82, 2.24) is 15.1 Å². The molecule has 1 aromatic heterocycles. The third kappa shape index (κ3) is 5.15. The Morgan fingerprint density at radius 3 is 2.62 bits per heavy atom. The van der Waals surface area contributed by atoms with Gasteiger partial charge in [-0.2, -0.15) is 5.10 Å². The van der Waals surface area contributed by atoms with Gasteiger partial charge in [0.05, 0.1) is 18.5 Å². The van der Waals surface area contributed by atoms with Crippen LogP contribution >= 0.6 is 0 Å². The second-order valence-electron chi connectivity index (χ2n) is 7.44. The zero-order valence-electron chi connectivity index (χ0n) is 16.6. The van der Waals surface area contributed by atoms with E-state index < -0.39 is 0 Å². The standard InChI is InChI=1S/C23H26FN3O2/c1-28-21-6-2-17(3-7-21)10-12-27-13-11-18(15-27)23-14-20(25-26-23)16-29-22-8-4-19(24)5-9-22/h2-9,14,18H,10-13,15-16H2,1H3,(H,25,26). The molecule has 29 heavy (non-hydrogen) atoms. The molecule has 152 valence electrons. The second-order valence-corrected chi connectivity index (χ2v) is 7.44. The lowest BCUT2D eigenvalue weighted by molar-refractivity contribution is 0.300. The van der Waals surface area contributed by atoms with Crippen LogP contribution in [-0.4, -0.2) is 41.8 Å². The van der Waals surface area contributed by atoms with Crippen molar-refractivity contribution in [1.29, 1.82) is 0 Å². The van der Waals surface area contributed by atoms with E-state index in [0.29, 0.717) is 18.3 Å². The molecule has 1 unspecified atom stereocenters. The van der Waals surface area contributed by atoms with Gasteiger partial charge in [-0.05, 0) is 67.4 Å². The molecule has 0 radical (unpaired) electrons.